The van der Waals surface area contributed by atoms with E-state index in [1.165, 1.54) is 11.3 Å². The van der Waals surface area contributed by atoms with E-state index < -0.39 is 5.54 Å². The van der Waals surface area contributed by atoms with Crippen molar-refractivity contribution in [2.75, 3.05) is 7.11 Å². The van der Waals surface area contributed by atoms with Crippen LogP contribution in [0, 0.1) is 12.3 Å². The van der Waals surface area contributed by atoms with Gasteiger partial charge in [0.1, 0.15) is 22.8 Å². The van der Waals surface area contributed by atoms with Crippen molar-refractivity contribution in [3.63, 3.8) is 0 Å². The molecule has 0 bridgehead atoms. The van der Waals surface area contributed by atoms with Gasteiger partial charge in [-0.1, -0.05) is 29.7 Å². The highest BCUT2D eigenvalue weighted by Crippen LogP contribution is 2.32. The molecule has 0 atom stereocenters. The maximum Gasteiger partial charge on any atom is 0.262 e. The summed E-state index contributed by atoms with van der Waals surface area (Å²) in [6.07, 6.45) is 5.34. The minimum absolute atomic E-state index is 0.294. The van der Waals surface area contributed by atoms with Crippen LogP contribution in [0.4, 0.5) is 0 Å². The molecule has 0 fully saturated rings. The molecule has 2 N–H and O–H groups in total. The number of nitrogens with one attached hydrogen (secondary N) is 2. The largest absolute Gasteiger partial charge is 0.497 e. The van der Waals surface area contributed by atoms with Crippen LogP contribution < -0.4 is 20.1 Å². The van der Waals surface area contributed by atoms with Gasteiger partial charge in [-0.05, 0) is 55.8 Å². The van der Waals surface area contributed by atoms with Crippen molar-refractivity contribution in [1.82, 2.24) is 10.6 Å². The average Bonchev–Trinajstić information content (AvgIpc) is 3.29. The molecule has 0 radical (unpaired) electrons. The fraction of sp³-hybridized carbons (Fsp3) is 0.200. The fourth-order valence-electron chi connectivity index (χ4n) is 2.84. The molecular weight excluding hydrogens is 460 g/mol. The first-order valence-electron chi connectivity index (χ1n) is 9.99. The minimum Gasteiger partial charge on any atom is -0.497 e. The van der Waals surface area contributed by atoms with Crippen LogP contribution in [0.1, 0.15) is 34.0 Å². The normalized spacial score (nSPS) is 10.8. The molecule has 8 heteroatoms. The van der Waals surface area contributed by atoms with E-state index in [0.29, 0.717) is 38.6 Å². The summed E-state index contributed by atoms with van der Waals surface area (Å²) in [6.45, 7) is 3.58. The van der Waals surface area contributed by atoms with Crippen LogP contribution in [0.5, 0.6) is 17.2 Å². The topological polar surface area (TPSA) is 76.7 Å². The zero-order chi connectivity index (χ0) is 24.0. The van der Waals surface area contributed by atoms with Crippen LogP contribution in [0.25, 0.3) is 0 Å². The lowest BCUT2D eigenvalue weighted by molar-refractivity contribution is -0.126. The summed E-state index contributed by atoms with van der Waals surface area (Å²) in [4.78, 5) is 26.2. The first kappa shape index (κ1) is 24.2. The number of thiophene rings is 1. The summed E-state index contributed by atoms with van der Waals surface area (Å²) in [7, 11) is 1.57. The van der Waals surface area contributed by atoms with Crippen molar-refractivity contribution >= 4 is 34.8 Å². The van der Waals surface area contributed by atoms with Gasteiger partial charge in [0, 0.05) is 12.6 Å². The molecule has 3 rings (SSSR count). The molecule has 0 aliphatic carbocycles. The predicted molar refractivity (Wildman–Crippen MR) is 130 cm³/mol. The summed E-state index contributed by atoms with van der Waals surface area (Å²) in [6, 6.07) is 15.8. The number of methoxy groups -OCH3 is 1. The highest BCUT2D eigenvalue weighted by atomic mass is 35.5. The third kappa shape index (κ3) is 6.28. The van der Waals surface area contributed by atoms with E-state index in [1.54, 1.807) is 63.4 Å². The van der Waals surface area contributed by atoms with Gasteiger partial charge in [0.25, 0.3) is 5.91 Å². The van der Waals surface area contributed by atoms with Crippen LogP contribution in [-0.2, 0) is 11.3 Å². The predicted octanol–water partition coefficient (Wildman–Crippen LogP) is 5.01. The van der Waals surface area contributed by atoms with Gasteiger partial charge in [0.15, 0.2) is 0 Å². The zero-order valence-corrected chi connectivity index (χ0v) is 20.0. The first-order valence-corrected chi connectivity index (χ1v) is 11.2. The second-order valence-corrected chi connectivity index (χ2v) is 9.10. The van der Waals surface area contributed by atoms with Crippen molar-refractivity contribution in [2.24, 2.45) is 0 Å². The molecular formula is C25H23ClN2O4S. The summed E-state index contributed by atoms with van der Waals surface area (Å²) in [5, 5.41) is 6.03. The van der Waals surface area contributed by atoms with Crippen LogP contribution in [0.2, 0.25) is 5.02 Å². The van der Waals surface area contributed by atoms with Gasteiger partial charge in [-0.15, -0.1) is 17.8 Å². The highest BCUT2D eigenvalue weighted by molar-refractivity contribution is 7.14. The van der Waals surface area contributed by atoms with Gasteiger partial charge >= 0.3 is 0 Å². The Morgan fingerprint density at radius 2 is 1.79 bits per heavy atom. The molecule has 2 amide bonds. The Balaban J connectivity index is 1.55. The summed E-state index contributed by atoms with van der Waals surface area (Å²) in [5.41, 5.74) is -0.235. The number of ether oxygens (including phenoxy) is 2. The molecule has 0 aliphatic heterocycles. The van der Waals surface area contributed by atoms with Gasteiger partial charge in [-0.3, -0.25) is 9.59 Å². The van der Waals surface area contributed by atoms with E-state index in [9.17, 15) is 9.59 Å². The summed E-state index contributed by atoms with van der Waals surface area (Å²) >= 11 is 7.41. The van der Waals surface area contributed by atoms with Crippen molar-refractivity contribution in [3.05, 3.63) is 74.9 Å². The Morgan fingerprint density at radius 1 is 1.09 bits per heavy atom. The van der Waals surface area contributed by atoms with Crippen LogP contribution in [0.15, 0.2) is 54.6 Å². The number of hydrogen-bond acceptors (Lipinski definition) is 5. The molecule has 3 aromatic rings. The number of terminal acetylenes is 1. The molecule has 1 heterocycles. The number of benzene rings is 2. The highest BCUT2D eigenvalue weighted by Gasteiger charge is 2.30. The fourth-order valence-corrected chi connectivity index (χ4v) is 3.76. The van der Waals surface area contributed by atoms with E-state index in [0.717, 1.165) is 5.56 Å². The third-order valence-corrected chi connectivity index (χ3v) is 6.02. The summed E-state index contributed by atoms with van der Waals surface area (Å²) in [5.74, 6) is 3.59. The van der Waals surface area contributed by atoms with Crippen molar-refractivity contribution in [1.29, 1.82) is 0 Å². The van der Waals surface area contributed by atoms with E-state index in [4.69, 9.17) is 27.5 Å². The number of hydrogen-bond donors (Lipinski definition) is 2. The third-order valence-electron chi connectivity index (χ3n) is 4.71. The van der Waals surface area contributed by atoms with Crippen molar-refractivity contribution < 1.29 is 19.1 Å². The molecule has 170 valence electrons. The Morgan fingerprint density at radius 3 is 2.39 bits per heavy atom. The molecule has 0 spiro atoms. The lowest BCUT2D eigenvalue weighted by Gasteiger charge is -2.25. The SMILES string of the molecule is C#Cc1ccc(C(=O)NC(C)(C)C(=O)NCc2ccc(Oc3ccc(OC)cc3Cl)cc2)s1. The molecule has 0 unspecified atom stereocenters. The molecule has 0 saturated carbocycles. The maximum atomic E-state index is 12.7. The monoisotopic (exact) mass is 482 g/mol. The van der Waals surface area contributed by atoms with Crippen LogP contribution in [0.3, 0.4) is 0 Å². The molecule has 33 heavy (non-hydrogen) atoms. The quantitative estimate of drug-likeness (QED) is 0.442. The number of amides is 2. The maximum absolute atomic E-state index is 12.7. The lowest BCUT2D eigenvalue weighted by atomic mass is 10.0. The molecule has 2 aromatic carbocycles. The zero-order valence-electron chi connectivity index (χ0n) is 18.4. The smallest absolute Gasteiger partial charge is 0.262 e. The van der Waals surface area contributed by atoms with Gasteiger partial charge in [0.05, 0.1) is 21.9 Å². The van der Waals surface area contributed by atoms with E-state index >= 15 is 0 Å². The van der Waals surface area contributed by atoms with Crippen molar-refractivity contribution in [3.8, 4) is 29.6 Å². The number of carbonyl (C=O) groups is 2. The lowest BCUT2D eigenvalue weighted by Crippen LogP contribution is -2.54. The van der Waals surface area contributed by atoms with Gasteiger partial charge < -0.3 is 20.1 Å². The van der Waals surface area contributed by atoms with E-state index in [1.807, 2.05) is 12.1 Å². The molecule has 0 aliphatic rings. The van der Waals surface area contributed by atoms with Gasteiger partial charge in [-0.2, -0.15) is 0 Å². The standard InChI is InChI=1S/C25H23ClN2O4S/c1-5-19-11-13-22(33-19)23(29)28-25(2,3)24(30)27-15-16-6-8-17(9-7-16)32-21-12-10-18(31-4)14-20(21)26/h1,6-14H,15H2,2-4H3,(H,27,30)(H,28,29). The van der Waals surface area contributed by atoms with E-state index in [2.05, 4.69) is 16.6 Å². The molecule has 6 nitrogen and oxygen atoms in total. The number of rotatable bonds is 8. The van der Waals surface area contributed by atoms with Crippen molar-refractivity contribution in [2.45, 2.75) is 25.9 Å². The van der Waals surface area contributed by atoms with Crippen LogP contribution in [-0.4, -0.2) is 24.5 Å². The molecule has 0 saturated heterocycles. The summed E-state index contributed by atoms with van der Waals surface area (Å²) < 4.78 is 10.9. The number of halogens is 1. The van der Waals surface area contributed by atoms with Crippen LogP contribution >= 0.6 is 22.9 Å². The first-order chi connectivity index (χ1) is 15.7. The second kappa shape index (κ2) is 10.4. The second-order valence-electron chi connectivity index (χ2n) is 7.61. The Bertz CT molecular complexity index is 1200. The Kier molecular flexibility index (Phi) is 7.64. The average molecular weight is 483 g/mol. The Hall–Kier alpha value is -3.47. The minimum atomic E-state index is -1.11. The molecule has 1 aromatic heterocycles. The van der Waals surface area contributed by atoms with Gasteiger partial charge in [0.2, 0.25) is 5.91 Å². The van der Waals surface area contributed by atoms with Gasteiger partial charge in [-0.25, -0.2) is 0 Å². The number of carbonyl (C=O) groups excluding carboxylic acids is 2. The van der Waals surface area contributed by atoms with E-state index in [-0.39, 0.29) is 11.8 Å². The Labute approximate surface area is 201 Å².